The van der Waals surface area contributed by atoms with Gasteiger partial charge in [0.2, 0.25) is 5.16 Å². The third-order valence-corrected chi connectivity index (χ3v) is 7.27. The third kappa shape index (κ3) is 2.51. The molecule has 0 aliphatic heterocycles. The molecule has 4 nitrogen and oxygen atoms in total. The molecule has 1 aromatic heterocycles. The van der Waals surface area contributed by atoms with E-state index >= 15 is 0 Å². The molecule has 0 radical (unpaired) electrons. The van der Waals surface area contributed by atoms with Gasteiger partial charge < -0.3 is 0 Å². The van der Waals surface area contributed by atoms with Crippen molar-refractivity contribution < 1.29 is 4.79 Å². The van der Waals surface area contributed by atoms with Gasteiger partial charge in [0.1, 0.15) is 0 Å². The summed E-state index contributed by atoms with van der Waals surface area (Å²) < 4.78 is 0. The van der Waals surface area contributed by atoms with Crippen LogP contribution in [0.15, 0.2) is 35.5 Å². The van der Waals surface area contributed by atoms with Crippen LogP contribution in [0, 0.1) is 5.41 Å². The van der Waals surface area contributed by atoms with Gasteiger partial charge >= 0.3 is 0 Å². The number of ketones is 1. The molecule has 2 atom stereocenters. The Morgan fingerprint density at radius 3 is 2.72 bits per heavy atom. The standard InChI is InChI=1S/C20H23N3OS/c1-19(2)14-9-11-20(19,3)17-16(14)22-23-18(21-17)25-12-10-15(24)13-7-5-4-6-8-13/h4-8,14H,9-12H2,1-3H3/t14-,20-/m0/s1. The fraction of sp³-hybridized carbons (Fsp3) is 0.500. The minimum Gasteiger partial charge on any atom is -0.294 e. The lowest BCUT2D eigenvalue weighted by Crippen LogP contribution is -2.32. The number of carbonyl (C=O) groups excluding carboxylic acids is 1. The SMILES string of the molecule is CC1(C)[C@H]2CC[C@@]1(C)c1nc(SCCC(=O)c3ccccc3)nnc12. The summed E-state index contributed by atoms with van der Waals surface area (Å²) >= 11 is 1.53. The van der Waals surface area contributed by atoms with Gasteiger partial charge in [0.05, 0.1) is 11.4 Å². The number of Topliss-reactive ketones (excluding diaryl/α,β-unsaturated/α-hetero) is 1. The number of thioether (sulfide) groups is 1. The minimum absolute atomic E-state index is 0.0953. The first-order valence-corrected chi connectivity index (χ1v) is 9.88. The van der Waals surface area contributed by atoms with Crippen LogP contribution in [0.1, 0.15) is 67.7 Å². The molecule has 1 heterocycles. The summed E-state index contributed by atoms with van der Waals surface area (Å²) in [5, 5.41) is 9.54. The van der Waals surface area contributed by atoms with Crippen molar-refractivity contribution in [3.63, 3.8) is 0 Å². The zero-order chi connectivity index (χ0) is 17.7. The van der Waals surface area contributed by atoms with Crippen LogP contribution in [0.3, 0.4) is 0 Å². The molecule has 2 aromatic rings. The second-order valence-corrected chi connectivity index (χ2v) is 8.92. The smallest absolute Gasteiger partial charge is 0.209 e. The molecule has 4 rings (SSSR count). The number of carbonyl (C=O) groups is 1. The summed E-state index contributed by atoms with van der Waals surface area (Å²) in [6.07, 6.45) is 2.85. The largest absolute Gasteiger partial charge is 0.294 e. The molecule has 0 N–H and O–H groups in total. The lowest BCUT2D eigenvalue weighted by atomic mass is 9.70. The molecular formula is C20H23N3OS. The molecule has 0 unspecified atom stereocenters. The number of benzene rings is 1. The molecule has 2 aliphatic carbocycles. The molecule has 1 aromatic carbocycles. The van der Waals surface area contributed by atoms with Gasteiger partial charge in [-0.2, -0.15) is 5.10 Å². The molecular weight excluding hydrogens is 330 g/mol. The molecule has 5 heteroatoms. The van der Waals surface area contributed by atoms with Crippen LogP contribution in [0.5, 0.6) is 0 Å². The highest BCUT2D eigenvalue weighted by atomic mass is 32.2. The lowest BCUT2D eigenvalue weighted by molar-refractivity contribution is 0.0989. The van der Waals surface area contributed by atoms with Crippen LogP contribution < -0.4 is 0 Å². The van der Waals surface area contributed by atoms with Crippen LogP contribution >= 0.6 is 11.8 Å². The van der Waals surface area contributed by atoms with E-state index in [1.807, 2.05) is 30.3 Å². The zero-order valence-electron chi connectivity index (χ0n) is 15.0. The Morgan fingerprint density at radius 2 is 1.96 bits per heavy atom. The summed E-state index contributed by atoms with van der Waals surface area (Å²) in [5.74, 6) is 1.32. The molecule has 25 heavy (non-hydrogen) atoms. The maximum Gasteiger partial charge on any atom is 0.209 e. The Bertz CT molecular complexity index is 821. The van der Waals surface area contributed by atoms with Crippen molar-refractivity contribution in [1.82, 2.24) is 15.2 Å². The first-order valence-electron chi connectivity index (χ1n) is 8.89. The molecule has 0 amide bonds. The van der Waals surface area contributed by atoms with Crippen LogP contribution in [0.4, 0.5) is 0 Å². The van der Waals surface area contributed by atoms with Crippen molar-refractivity contribution in [1.29, 1.82) is 0 Å². The molecule has 1 fully saturated rings. The van der Waals surface area contributed by atoms with Gasteiger partial charge in [-0.25, -0.2) is 4.98 Å². The number of rotatable bonds is 5. The number of hydrogen-bond acceptors (Lipinski definition) is 5. The number of hydrogen-bond donors (Lipinski definition) is 0. The maximum absolute atomic E-state index is 12.2. The van der Waals surface area contributed by atoms with Crippen molar-refractivity contribution in [2.24, 2.45) is 5.41 Å². The Kier molecular flexibility index (Phi) is 3.95. The van der Waals surface area contributed by atoms with E-state index in [1.165, 1.54) is 24.6 Å². The third-order valence-electron chi connectivity index (χ3n) is 6.43. The van der Waals surface area contributed by atoms with Crippen molar-refractivity contribution in [2.75, 3.05) is 5.75 Å². The predicted octanol–water partition coefficient (Wildman–Crippen LogP) is 4.41. The average molecular weight is 353 g/mol. The molecule has 1 saturated carbocycles. The van der Waals surface area contributed by atoms with Crippen LogP contribution in [-0.4, -0.2) is 26.7 Å². The van der Waals surface area contributed by atoms with Crippen molar-refractivity contribution >= 4 is 17.5 Å². The monoisotopic (exact) mass is 353 g/mol. The van der Waals surface area contributed by atoms with Crippen molar-refractivity contribution in [3.8, 4) is 0 Å². The van der Waals surface area contributed by atoms with E-state index in [4.69, 9.17) is 4.98 Å². The van der Waals surface area contributed by atoms with E-state index in [0.29, 0.717) is 23.2 Å². The minimum atomic E-state index is 0.0953. The van der Waals surface area contributed by atoms with E-state index in [-0.39, 0.29) is 16.6 Å². The molecule has 0 spiro atoms. The Labute approximate surface area is 152 Å². The fourth-order valence-electron chi connectivity index (χ4n) is 4.43. The number of nitrogens with zero attached hydrogens (tertiary/aromatic N) is 3. The number of fused-ring (bicyclic) bond motifs is 5. The van der Waals surface area contributed by atoms with Crippen LogP contribution in [0.25, 0.3) is 0 Å². The normalized spacial score (nSPS) is 25.8. The molecule has 130 valence electrons. The maximum atomic E-state index is 12.2. The highest BCUT2D eigenvalue weighted by Gasteiger charge is 2.61. The van der Waals surface area contributed by atoms with Crippen LogP contribution in [-0.2, 0) is 5.41 Å². The van der Waals surface area contributed by atoms with E-state index in [2.05, 4.69) is 31.0 Å². The summed E-state index contributed by atoms with van der Waals surface area (Å²) in [6, 6.07) is 9.43. The van der Waals surface area contributed by atoms with Crippen LogP contribution in [0.2, 0.25) is 0 Å². The second-order valence-electron chi connectivity index (χ2n) is 7.86. The van der Waals surface area contributed by atoms with Gasteiger partial charge in [-0.05, 0) is 18.3 Å². The molecule has 0 saturated heterocycles. The van der Waals surface area contributed by atoms with Gasteiger partial charge in [-0.1, -0.05) is 62.9 Å². The second kappa shape index (κ2) is 5.90. The first kappa shape index (κ1) is 16.7. The summed E-state index contributed by atoms with van der Waals surface area (Å²) in [7, 11) is 0. The van der Waals surface area contributed by atoms with Gasteiger partial charge in [0, 0.05) is 29.1 Å². The summed E-state index contributed by atoms with van der Waals surface area (Å²) in [5.41, 5.74) is 3.30. The van der Waals surface area contributed by atoms with Gasteiger partial charge in [-0.3, -0.25) is 4.79 Å². The first-order chi connectivity index (χ1) is 11.9. The lowest BCUT2D eigenvalue weighted by Gasteiger charge is -2.33. The highest BCUT2D eigenvalue weighted by Crippen LogP contribution is 2.66. The predicted molar refractivity (Wildman–Crippen MR) is 99.0 cm³/mol. The van der Waals surface area contributed by atoms with E-state index in [1.54, 1.807) is 0 Å². The van der Waals surface area contributed by atoms with E-state index in [0.717, 1.165) is 17.0 Å². The van der Waals surface area contributed by atoms with E-state index in [9.17, 15) is 4.79 Å². The quantitative estimate of drug-likeness (QED) is 0.588. The molecule has 2 bridgehead atoms. The fourth-order valence-corrected chi connectivity index (χ4v) is 5.15. The van der Waals surface area contributed by atoms with Gasteiger partial charge in [0.15, 0.2) is 5.78 Å². The van der Waals surface area contributed by atoms with E-state index < -0.39 is 0 Å². The van der Waals surface area contributed by atoms with Crippen molar-refractivity contribution in [2.45, 2.75) is 56.5 Å². The Balaban J connectivity index is 1.45. The zero-order valence-corrected chi connectivity index (χ0v) is 15.8. The average Bonchev–Trinajstić information content (AvgIpc) is 2.95. The highest BCUT2D eigenvalue weighted by molar-refractivity contribution is 7.99. The topological polar surface area (TPSA) is 55.7 Å². The Hall–Kier alpha value is -1.75. The van der Waals surface area contributed by atoms with Crippen molar-refractivity contribution in [3.05, 3.63) is 47.3 Å². The molecule has 2 aliphatic rings. The number of aromatic nitrogens is 3. The van der Waals surface area contributed by atoms with Gasteiger partial charge in [0.25, 0.3) is 0 Å². The summed E-state index contributed by atoms with van der Waals surface area (Å²) in [4.78, 5) is 17.0. The Morgan fingerprint density at radius 1 is 1.20 bits per heavy atom. The summed E-state index contributed by atoms with van der Waals surface area (Å²) in [6.45, 7) is 6.99. The van der Waals surface area contributed by atoms with Gasteiger partial charge in [-0.15, -0.1) is 5.10 Å².